The van der Waals surface area contributed by atoms with E-state index in [4.69, 9.17) is 0 Å². The predicted octanol–water partition coefficient (Wildman–Crippen LogP) is 2.33. The Morgan fingerprint density at radius 2 is 2.06 bits per heavy atom. The second-order valence-electron chi connectivity index (χ2n) is 4.68. The van der Waals surface area contributed by atoms with Crippen LogP contribution in [0.2, 0.25) is 0 Å². The van der Waals surface area contributed by atoms with Gasteiger partial charge in [0.2, 0.25) is 6.08 Å². The van der Waals surface area contributed by atoms with Gasteiger partial charge in [0.25, 0.3) is 0 Å². The molecule has 3 nitrogen and oxygen atoms in total. The van der Waals surface area contributed by atoms with Crippen LogP contribution in [0, 0.1) is 0 Å². The van der Waals surface area contributed by atoms with Gasteiger partial charge in [-0.05, 0) is 50.0 Å². The van der Waals surface area contributed by atoms with E-state index in [1.165, 1.54) is 24.0 Å². The molecule has 0 unspecified atom stereocenters. The van der Waals surface area contributed by atoms with E-state index >= 15 is 0 Å². The molecule has 1 heterocycles. The Labute approximate surface area is 102 Å². The topological polar surface area (TPSA) is 32.7 Å². The van der Waals surface area contributed by atoms with Gasteiger partial charge in [-0.1, -0.05) is 24.3 Å². The molecule has 1 aromatic carbocycles. The number of hydrogen-bond acceptors (Lipinski definition) is 3. The largest absolute Gasteiger partial charge is 0.306 e. The van der Waals surface area contributed by atoms with E-state index < -0.39 is 0 Å². The maximum absolute atomic E-state index is 10.2. The van der Waals surface area contributed by atoms with Crippen LogP contribution in [0.5, 0.6) is 0 Å². The van der Waals surface area contributed by atoms with Gasteiger partial charge in [-0.3, -0.25) is 0 Å². The van der Waals surface area contributed by atoms with Crippen molar-refractivity contribution in [1.29, 1.82) is 0 Å². The molecule has 2 rings (SSSR count). The summed E-state index contributed by atoms with van der Waals surface area (Å²) in [5, 5.41) is 0. The summed E-state index contributed by atoms with van der Waals surface area (Å²) in [5.74, 6) is 0.615. The fraction of sp³-hybridized carbons (Fsp3) is 0.500. The normalized spacial score (nSPS) is 17.7. The third-order valence-electron chi connectivity index (χ3n) is 3.53. The molecule has 17 heavy (non-hydrogen) atoms. The molecule has 1 aliphatic heterocycles. The first-order chi connectivity index (χ1) is 8.31. The smallest absolute Gasteiger partial charge is 0.235 e. The van der Waals surface area contributed by atoms with Crippen LogP contribution in [0.3, 0.4) is 0 Å². The van der Waals surface area contributed by atoms with Crippen molar-refractivity contribution in [1.82, 2.24) is 4.90 Å². The van der Waals surface area contributed by atoms with Gasteiger partial charge in [-0.25, -0.2) is 9.79 Å². The molecule has 0 N–H and O–H groups in total. The lowest BCUT2D eigenvalue weighted by Gasteiger charge is -2.30. The second kappa shape index (κ2) is 5.76. The summed E-state index contributed by atoms with van der Waals surface area (Å²) in [6, 6.07) is 8.32. The molecule has 1 saturated heterocycles. The minimum Gasteiger partial charge on any atom is -0.306 e. The Kier molecular flexibility index (Phi) is 4.08. The summed E-state index contributed by atoms with van der Waals surface area (Å²) in [6.07, 6.45) is 4.01. The lowest BCUT2D eigenvalue weighted by molar-refractivity contribution is 0.255. The first kappa shape index (κ1) is 12.0. The molecule has 1 aromatic rings. The summed E-state index contributed by atoms with van der Waals surface area (Å²) in [7, 11) is 2.17. The Morgan fingerprint density at radius 3 is 2.76 bits per heavy atom. The van der Waals surface area contributed by atoms with Gasteiger partial charge in [0.15, 0.2) is 0 Å². The third-order valence-corrected chi connectivity index (χ3v) is 3.53. The number of carbonyl (C=O) groups excluding carboxylic acids is 1. The van der Waals surface area contributed by atoms with Gasteiger partial charge in [0, 0.05) is 0 Å². The third kappa shape index (κ3) is 3.02. The molecule has 0 amide bonds. The van der Waals surface area contributed by atoms with E-state index in [1.807, 2.05) is 6.07 Å². The molecule has 0 saturated carbocycles. The summed E-state index contributed by atoms with van der Waals surface area (Å²) in [5.41, 5.74) is 2.53. The summed E-state index contributed by atoms with van der Waals surface area (Å²) in [6.45, 7) is 2.76. The Balaban J connectivity index is 2.16. The van der Waals surface area contributed by atoms with Crippen molar-refractivity contribution in [2.24, 2.45) is 4.99 Å². The van der Waals surface area contributed by atoms with E-state index in [0.29, 0.717) is 12.5 Å². The zero-order chi connectivity index (χ0) is 12.1. The number of nitrogens with zero attached hydrogens (tertiary/aromatic N) is 2. The van der Waals surface area contributed by atoms with Crippen LogP contribution in [0.15, 0.2) is 29.3 Å². The number of benzene rings is 1. The molecule has 0 radical (unpaired) electrons. The van der Waals surface area contributed by atoms with E-state index in [9.17, 15) is 4.79 Å². The molecule has 1 fully saturated rings. The van der Waals surface area contributed by atoms with Gasteiger partial charge in [-0.15, -0.1) is 0 Å². The molecule has 0 atom stereocenters. The van der Waals surface area contributed by atoms with Crippen molar-refractivity contribution in [2.75, 3.05) is 20.1 Å². The highest BCUT2D eigenvalue weighted by atomic mass is 16.1. The molecule has 0 spiro atoms. The van der Waals surface area contributed by atoms with E-state index in [-0.39, 0.29) is 0 Å². The fourth-order valence-electron chi connectivity index (χ4n) is 2.51. The van der Waals surface area contributed by atoms with Crippen LogP contribution < -0.4 is 0 Å². The standard InChI is InChI=1S/C14H18N2O/c1-16-8-6-12(7-9-16)14-5-3-2-4-13(14)10-15-11-17/h2-5,12H,6-10H2,1H3. The molecular formula is C14H18N2O. The molecule has 0 aliphatic carbocycles. The predicted molar refractivity (Wildman–Crippen MR) is 67.7 cm³/mol. The highest BCUT2D eigenvalue weighted by molar-refractivity contribution is 5.36. The SMILES string of the molecule is CN1CCC(c2ccccc2CN=C=O)CC1. The van der Waals surface area contributed by atoms with E-state index in [2.05, 4.69) is 35.1 Å². The lowest BCUT2D eigenvalue weighted by atomic mass is 9.86. The second-order valence-corrected chi connectivity index (χ2v) is 4.68. The van der Waals surface area contributed by atoms with Crippen molar-refractivity contribution in [3.8, 4) is 0 Å². The number of aliphatic imine (C=N–C) groups is 1. The molecule has 1 aliphatic rings. The Bertz CT molecular complexity index is 416. The quantitative estimate of drug-likeness (QED) is 0.589. The summed E-state index contributed by atoms with van der Waals surface area (Å²) >= 11 is 0. The number of hydrogen-bond donors (Lipinski definition) is 0. The number of piperidine rings is 1. The average Bonchev–Trinajstić information content (AvgIpc) is 2.38. The van der Waals surface area contributed by atoms with Crippen LogP contribution >= 0.6 is 0 Å². The molecular weight excluding hydrogens is 212 g/mol. The van der Waals surface area contributed by atoms with Crippen LogP contribution in [0.4, 0.5) is 0 Å². The zero-order valence-electron chi connectivity index (χ0n) is 10.2. The van der Waals surface area contributed by atoms with Crippen molar-refractivity contribution in [3.63, 3.8) is 0 Å². The minimum atomic E-state index is 0.464. The van der Waals surface area contributed by atoms with Gasteiger partial charge in [0.05, 0.1) is 6.54 Å². The van der Waals surface area contributed by atoms with E-state index in [1.54, 1.807) is 6.08 Å². The number of rotatable bonds is 3. The highest BCUT2D eigenvalue weighted by Crippen LogP contribution is 2.30. The van der Waals surface area contributed by atoms with Crippen molar-refractivity contribution >= 4 is 6.08 Å². The summed E-state index contributed by atoms with van der Waals surface area (Å²) < 4.78 is 0. The van der Waals surface area contributed by atoms with E-state index in [0.717, 1.165) is 13.1 Å². The van der Waals surface area contributed by atoms with Crippen LogP contribution in [-0.4, -0.2) is 31.1 Å². The average molecular weight is 230 g/mol. The highest BCUT2D eigenvalue weighted by Gasteiger charge is 2.20. The molecule has 90 valence electrons. The molecule has 3 heteroatoms. The zero-order valence-corrected chi connectivity index (χ0v) is 10.2. The first-order valence-corrected chi connectivity index (χ1v) is 6.11. The van der Waals surface area contributed by atoms with Gasteiger partial charge in [-0.2, -0.15) is 0 Å². The Morgan fingerprint density at radius 1 is 1.35 bits per heavy atom. The first-order valence-electron chi connectivity index (χ1n) is 6.11. The van der Waals surface area contributed by atoms with Crippen LogP contribution in [0.1, 0.15) is 29.9 Å². The maximum Gasteiger partial charge on any atom is 0.235 e. The molecule has 0 aromatic heterocycles. The van der Waals surface area contributed by atoms with Gasteiger partial charge < -0.3 is 4.90 Å². The molecule has 0 bridgehead atoms. The number of likely N-dealkylation sites (tertiary alicyclic amines) is 1. The van der Waals surface area contributed by atoms with Crippen molar-refractivity contribution in [3.05, 3.63) is 35.4 Å². The monoisotopic (exact) mass is 230 g/mol. The van der Waals surface area contributed by atoms with Crippen LogP contribution in [-0.2, 0) is 11.3 Å². The number of isocyanates is 1. The van der Waals surface area contributed by atoms with Gasteiger partial charge in [0.1, 0.15) is 0 Å². The van der Waals surface area contributed by atoms with Gasteiger partial charge >= 0.3 is 0 Å². The minimum absolute atomic E-state index is 0.464. The summed E-state index contributed by atoms with van der Waals surface area (Å²) in [4.78, 5) is 16.3. The van der Waals surface area contributed by atoms with Crippen molar-refractivity contribution in [2.45, 2.75) is 25.3 Å². The lowest BCUT2D eigenvalue weighted by Crippen LogP contribution is -2.29. The Hall–Kier alpha value is -1.44. The fourth-order valence-corrected chi connectivity index (χ4v) is 2.51. The van der Waals surface area contributed by atoms with Crippen molar-refractivity contribution < 1.29 is 4.79 Å². The van der Waals surface area contributed by atoms with Crippen LogP contribution in [0.25, 0.3) is 0 Å². The maximum atomic E-state index is 10.2.